The second-order valence-corrected chi connectivity index (χ2v) is 6.72. The number of amides is 1. The largest absolute Gasteiger partial charge is 0.361 e. The lowest BCUT2D eigenvalue weighted by atomic mass is 9.90. The van der Waals surface area contributed by atoms with E-state index in [1.807, 2.05) is 37.8 Å². The van der Waals surface area contributed by atoms with Crippen molar-refractivity contribution in [3.05, 3.63) is 54.0 Å². The van der Waals surface area contributed by atoms with Crippen molar-refractivity contribution in [1.82, 2.24) is 25.4 Å². The maximum Gasteiger partial charge on any atom is 0.225 e. The fourth-order valence-electron chi connectivity index (χ4n) is 3.73. The van der Waals surface area contributed by atoms with Crippen LogP contribution < -0.4 is 10.6 Å². The van der Waals surface area contributed by atoms with E-state index in [1.165, 1.54) is 10.9 Å². The zero-order valence-electron chi connectivity index (χ0n) is 14.3. The van der Waals surface area contributed by atoms with E-state index in [0.29, 0.717) is 6.54 Å². The van der Waals surface area contributed by atoms with Crippen LogP contribution in [0.1, 0.15) is 17.0 Å². The summed E-state index contributed by atoms with van der Waals surface area (Å²) in [4.78, 5) is 15.9. The van der Waals surface area contributed by atoms with Crippen LogP contribution in [0.4, 0.5) is 0 Å². The van der Waals surface area contributed by atoms with Crippen molar-refractivity contribution in [3.8, 4) is 0 Å². The van der Waals surface area contributed by atoms with E-state index in [2.05, 4.69) is 32.8 Å². The van der Waals surface area contributed by atoms with E-state index in [-0.39, 0.29) is 17.7 Å². The Hall–Kier alpha value is -2.60. The monoisotopic (exact) mass is 337 g/mol. The summed E-state index contributed by atoms with van der Waals surface area (Å²) < 4.78 is 1.79. The van der Waals surface area contributed by atoms with E-state index in [4.69, 9.17) is 0 Å². The number of hydrogen-bond acceptors (Lipinski definition) is 3. The minimum Gasteiger partial charge on any atom is -0.361 e. The highest BCUT2D eigenvalue weighted by atomic mass is 16.1. The van der Waals surface area contributed by atoms with E-state index >= 15 is 0 Å². The summed E-state index contributed by atoms with van der Waals surface area (Å²) in [6.45, 7) is 2.20. The number of fused-ring (bicyclic) bond motifs is 1. The van der Waals surface area contributed by atoms with Gasteiger partial charge >= 0.3 is 0 Å². The number of nitrogens with zero attached hydrogens (tertiary/aromatic N) is 2. The molecule has 6 nitrogen and oxygen atoms in total. The van der Waals surface area contributed by atoms with Gasteiger partial charge in [-0.3, -0.25) is 9.48 Å². The van der Waals surface area contributed by atoms with Gasteiger partial charge in [-0.15, -0.1) is 0 Å². The van der Waals surface area contributed by atoms with Crippen molar-refractivity contribution in [2.45, 2.75) is 12.3 Å². The third kappa shape index (κ3) is 3.17. The molecule has 2 atom stereocenters. The number of aromatic amines is 1. The fraction of sp³-hybridized carbons (Fsp3) is 0.368. The smallest absolute Gasteiger partial charge is 0.225 e. The molecule has 1 saturated heterocycles. The molecule has 4 rings (SSSR count). The van der Waals surface area contributed by atoms with Gasteiger partial charge in [-0.1, -0.05) is 18.2 Å². The summed E-state index contributed by atoms with van der Waals surface area (Å²) in [5, 5.41) is 11.9. The normalized spacial score (nSPS) is 20.2. The van der Waals surface area contributed by atoms with Crippen LogP contribution >= 0.6 is 0 Å². The molecule has 3 heterocycles. The average Bonchev–Trinajstić information content (AvgIpc) is 3.34. The van der Waals surface area contributed by atoms with E-state index in [1.54, 1.807) is 4.68 Å². The minimum atomic E-state index is -0.0350. The molecule has 0 radical (unpaired) electrons. The van der Waals surface area contributed by atoms with E-state index in [9.17, 15) is 4.79 Å². The second kappa shape index (κ2) is 6.72. The Morgan fingerprint density at radius 3 is 3.08 bits per heavy atom. The van der Waals surface area contributed by atoms with Gasteiger partial charge in [0, 0.05) is 55.9 Å². The third-order valence-electron chi connectivity index (χ3n) is 5.07. The minimum absolute atomic E-state index is 0.0350. The molecule has 1 fully saturated rings. The number of carbonyl (C=O) groups excluding carboxylic acids is 1. The van der Waals surface area contributed by atoms with Crippen LogP contribution in [0.3, 0.4) is 0 Å². The number of carbonyl (C=O) groups is 1. The molecule has 25 heavy (non-hydrogen) atoms. The first kappa shape index (κ1) is 15.9. The lowest BCUT2D eigenvalue weighted by Gasteiger charge is -2.17. The molecule has 2 aromatic heterocycles. The standard InChI is InChI=1S/C19H23N5O/c1-24-12-14(9-23-24)16-10-20-11-17(16)19(25)21-7-6-13-8-22-18-5-3-2-4-15(13)18/h2-5,8-9,12,16-17,20,22H,6-7,10-11H2,1H3,(H,21,25)/t16-,17+/m1/s1. The number of nitrogens with one attached hydrogen (secondary N) is 3. The summed E-state index contributed by atoms with van der Waals surface area (Å²) in [6, 6.07) is 8.25. The zero-order chi connectivity index (χ0) is 17.2. The Morgan fingerprint density at radius 1 is 1.36 bits per heavy atom. The quantitative estimate of drug-likeness (QED) is 0.661. The summed E-state index contributed by atoms with van der Waals surface area (Å²) in [6.07, 6.45) is 6.73. The number of para-hydroxylation sites is 1. The number of aryl methyl sites for hydroxylation is 1. The number of aromatic nitrogens is 3. The highest BCUT2D eigenvalue weighted by molar-refractivity contribution is 5.83. The van der Waals surface area contributed by atoms with Crippen molar-refractivity contribution in [2.24, 2.45) is 13.0 Å². The molecule has 1 aromatic carbocycles. The van der Waals surface area contributed by atoms with Gasteiger partial charge < -0.3 is 15.6 Å². The van der Waals surface area contributed by atoms with Crippen molar-refractivity contribution >= 4 is 16.8 Å². The van der Waals surface area contributed by atoms with Crippen LogP contribution in [-0.2, 0) is 18.3 Å². The molecule has 0 bridgehead atoms. The predicted molar refractivity (Wildman–Crippen MR) is 97.3 cm³/mol. The number of benzene rings is 1. The van der Waals surface area contributed by atoms with Crippen LogP contribution in [-0.4, -0.2) is 40.3 Å². The molecule has 1 aliphatic rings. The maximum absolute atomic E-state index is 12.6. The topological polar surface area (TPSA) is 74.7 Å². The molecular formula is C19H23N5O. The number of hydrogen-bond donors (Lipinski definition) is 3. The van der Waals surface area contributed by atoms with Crippen LogP contribution in [0.2, 0.25) is 0 Å². The Balaban J connectivity index is 1.37. The van der Waals surface area contributed by atoms with Gasteiger partial charge in [0.05, 0.1) is 12.1 Å². The molecular weight excluding hydrogens is 314 g/mol. The number of rotatable bonds is 5. The van der Waals surface area contributed by atoms with Crippen LogP contribution in [0.15, 0.2) is 42.9 Å². The number of H-pyrrole nitrogens is 1. The Kier molecular flexibility index (Phi) is 4.28. The van der Waals surface area contributed by atoms with Crippen LogP contribution in [0.25, 0.3) is 10.9 Å². The Morgan fingerprint density at radius 2 is 2.24 bits per heavy atom. The molecule has 130 valence electrons. The molecule has 0 aliphatic carbocycles. The van der Waals surface area contributed by atoms with Crippen molar-refractivity contribution in [3.63, 3.8) is 0 Å². The van der Waals surface area contributed by atoms with Crippen LogP contribution in [0, 0.1) is 5.92 Å². The van der Waals surface area contributed by atoms with Crippen molar-refractivity contribution in [2.75, 3.05) is 19.6 Å². The molecule has 3 N–H and O–H groups in total. The van der Waals surface area contributed by atoms with E-state index in [0.717, 1.165) is 30.6 Å². The van der Waals surface area contributed by atoms with Gasteiger partial charge in [-0.05, 0) is 23.6 Å². The first-order valence-corrected chi connectivity index (χ1v) is 8.74. The third-order valence-corrected chi connectivity index (χ3v) is 5.07. The molecule has 0 unspecified atom stereocenters. The second-order valence-electron chi connectivity index (χ2n) is 6.72. The van der Waals surface area contributed by atoms with Gasteiger partial charge in [0.15, 0.2) is 0 Å². The summed E-state index contributed by atoms with van der Waals surface area (Å²) >= 11 is 0. The SMILES string of the molecule is Cn1cc([C@H]2CNC[C@@H]2C(=O)NCCc2c[nH]c3ccccc23)cn1. The summed E-state index contributed by atoms with van der Waals surface area (Å²) in [5.41, 5.74) is 3.51. The maximum atomic E-state index is 12.6. The zero-order valence-corrected chi connectivity index (χ0v) is 14.3. The highest BCUT2D eigenvalue weighted by Crippen LogP contribution is 2.27. The Labute approximate surface area is 146 Å². The van der Waals surface area contributed by atoms with Gasteiger partial charge in [0.1, 0.15) is 0 Å². The molecule has 3 aromatic rings. The molecule has 6 heteroatoms. The van der Waals surface area contributed by atoms with Crippen molar-refractivity contribution in [1.29, 1.82) is 0 Å². The lowest BCUT2D eigenvalue weighted by molar-refractivity contribution is -0.124. The van der Waals surface area contributed by atoms with Gasteiger partial charge in [0.2, 0.25) is 5.91 Å². The van der Waals surface area contributed by atoms with Gasteiger partial charge in [-0.25, -0.2) is 0 Å². The Bertz CT molecular complexity index is 881. The van der Waals surface area contributed by atoms with Crippen LogP contribution in [0.5, 0.6) is 0 Å². The summed E-state index contributed by atoms with van der Waals surface area (Å²) in [7, 11) is 1.90. The van der Waals surface area contributed by atoms with Crippen molar-refractivity contribution < 1.29 is 4.79 Å². The highest BCUT2D eigenvalue weighted by Gasteiger charge is 2.34. The first-order chi connectivity index (χ1) is 12.2. The van der Waals surface area contributed by atoms with Gasteiger partial charge in [-0.2, -0.15) is 5.10 Å². The molecule has 0 saturated carbocycles. The fourth-order valence-corrected chi connectivity index (χ4v) is 3.73. The molecule has 0 spiro atoms. The average molecular weight is 337 g/mol. The van der Waals surface area contributed by atoms with Gasteiger partial charge in [0.25, 0.3) is 0 Å². The molecule has 1 amide bonds. The predicted octanol–water partition coefficient (Wildman–Crippen LogP) is 1.56. The lowest BCUT2D eigenvalue weighted by Crippen LogP contribution is -2.35. The summed E-state index contributed by atoms with van der Waals surface area (Å²) in [5.74, 6) is 0.285. The first-order valence-electron chi connectivity index (χ1n) is 8.74. The van der Waals surface area contributed by atoms with E-state index < -0.39 is 0 Å². The molecule has 1 aliphatic heterocycles.